The molecule has 1 amide bonds. The minimum atomic E-state index is -3.13. The minimum Gasteiger partial charge on any atom is -0.457 e. The van der Waals surface area contributed by atoms with Gasteiger partial charge >= 0.3 is 0 Å². The Morgan fingerprint density at radius 3 is 2.74 bits per heavy atom. The van der Waals surface area contributed by atoms with E-state index in [4.69, 9.17) is 27.6 Å². The summed E-state index contributed by atoms with van der Waals surface area (Å²) in [5.41, 5.74) is 0.403. The molecule has 1 aliphatic heterocycles. The molecule has 0 spiro atoms. The van der Waals surface area contributed by atoms with Crippen LogP contribution in [0.5, 0.6) is 0 Å². The van der Waals surface area contributed by atoms with Gasteiger partial charge in [0.25, 0.3) is 5.91 Å². The van der Waals surface area contributed by atoms with Crippen molar-refractivity contribution in [3.63, 3.8) is 0 Å². The maximum Gasteiger partial charge on any atom is 0.262 e. The molecule has 1 saturated heterocycles. The summed E-state index contributed by atoms with van der Waals surface area (Å²) in [4.78, 5) is 12.2. The molecule has 27 heavy (non-hydrogen) atoms. The van der Waals surface area contributed by atoms with Crippen molar-refractivity contribution in [2.75, 3.05) is 11.5 Å². The van der Waals surface area contributed by atoms with Crippen LogP contribution in [-0.2, 0) is 14.6 Å². The van der Waals surface area contributed by atoms with Crippen molar-refractivity contribution in [3.8, 4) is 17.4 Å². The Morgan fingerprint density at radius 2 is 2.07 bits per heavy atom. The van der Waals surface area contributed by atoms with Crippen molar-refractivity contribution >= 4 is 45.0 Å². The fraction of sp³-hybridized carbons (Fsp3) is 0.222. The Labute approximate surface area is 166 Å². The molecule has 6 nitrogen and oxygen atoms in total. The summed E-state index contributed by atoms with van der Waals surface area (Å²) >= 11 is 12.2. The van der Waals surface area contributed by atoms with Gasteiger partial charge in [0.05, 0.1) is 21.6 Å². The van der Waals surface area contributed by atoms with Gasteiger partial charge in [-0.15, -0.1) is 0 Å². The lowest BCUT2D eigenvalue weighted by molar-refractivity contribution is -0.117. The number of furan rings is 1. The molecule has 0 unspecified atom stereocenters. The van der Waals surface area contributed by atoms with Crippen molar-refractivity contribution in [1.82, 2.24) is 5.32 Å². The van der Waals surface area contributed by atoms with E-state index in [2.05, 4.69) is 5.32 Å². The fourth-order valence-corrected chi connectivity index (χ4v) is 4.80. The lowest BCUT2D eigenvalue weighted by atomic mass is 10.2. The maximum atomic E-state index is 12.2. The van der Waals surface area contributed by atoms with E-state index in [1.165, 1.54) is 6.08 Å². The third-order valence-electron chi connectivity index (χ3n) is 4.06. The van der Waals surface area contributed by atoms with Gasteiger partial charge in [0.2, 0.25) is 0 Å². The fourth-order valence-electron chi connectivity index (χ4n) is 2.73. The number of hydrogen-bond donors (Lipinski definition) is 1. The highest BCUT2D eigenvalue weighted by Gasteiger charge is 2.29. The Morgan fingerprint density at radius 1 is 1.30 bits per heavy atom. The number of carbonyl (C=O) groups is 1. The number of halogens is 2. The molecule has 1 fully saturated rings. The Balaban J connectivity index is 1.79. The molecule has 1 aliphatic rings. The molecule has 2 aromatic rings. The van der Waals surface area contributed by atoms with Gasteiger partial charge in [-0.05, 0) is 30.7 Å². The standard InChI is InChI=1S/C18H14Cl2N2O4S/c19-15-3-1-2-14(17(15)20)16-5-4-13(26-16)8-11(9-21)18(23)22-12-6-7-27(24,25)10-12/h1-5,8,12H,6-7,10H2,(H,22,23)/b11-8+/t12-/m1/s1. The van der Waals surface area contributed by atoms with Gasteiger partial charge in [-0.1, -0.05) is 29.3 Å². The second-order valence-corrected chi connectivity index (χ2v) is 9.06. The van der Waals surface area contributed by atoms with Crippen molar-refractivity contribution in [3.05, 3.63) is 51.7 Å². The first kappa shape index (κ1) is 19.5. The summed E-state index contributed by atoms with van der Waals surface area (Å²) in [7, 11) is -3.13. The highest BCUT2D eigenvalue weighted by Crippen LogP contribution is 2.34. The Kier molecular flexibility index (Phi) is 5.61. The second kappa shape index (κ2) is 7.77. The topological polar surface area (TPSA) is 100 Å². The monoisotopic (exact) mass is 424 g/mol. The first-order valence-electron chi connectivity index (χ1n) is 7.96. The number of carbonyl (C=O) groups excluding carboxylic acids is 1. The first-order valence-corrected chi connectivity index (χ1v) is 10.5. The lowest BCUT2D eigenvalue weighted by Gasteiger charge is -2.09. The number of sulfone groups is 1. The van der Waals surface area contributed by atoms with Gasteiger partial charge in [-0.3, -0.25) is 4.79 Å². The van der Waals surface area contributed by atoms with Crippen LogP contribution in [0.25, 0.3) is 17.4 Å². The molecule has 1 N–H and O–H groups in total. The Bertz CT molecular complexity index is 1070. The van der Waals surface area contributed by atoms with Gasteiger partial charge in [-0.25, -0.2) is 8.42 Å². The average molecular weight is 425 g/mol. The van der Waals surface area contributed by atoms with E-state index in [0.717, 1.165) is 0 Å². The molecule has 0 saturated carbocycles. The predicted molar refractivity (Wildman–Crippen MR) is 103 cm³/mol. The van der Waals surface area contributed by atoms with E-state index in [0.29, 0.717) is 27.8 Å². The van der Waals surface area contributed by atoms with Gasteiger partial charge in [0, 0.05) is 17.7 Å². The number of hydrogen-bond acceptors (Lipinski definition) is 5. The van der Waals surface area contributed by atoms with E-state index in [1.54, 1.807) is 36.4 Å². The highest BCUT2D eigenvalue weighted by molar-refractivity contribution is 7.91. The minimum absolute atomic E-state index is 0.0332. The van der Waals surface area contributed by atoms with E-state index >= 15 is 0 Å². The molecule has 140 valence electrons. The first-order chi connectivity index (χ1) is 12.8. The van der Waals surface area contributed by atoms with E-state index in [1.807, 2.05) is 0 Å². The van der Waals surface area contributed by atoms with Crippen molar-refractivity contribution in [1.29, 1.82) is 5.26 Å². The molecule has 0 aliphatic carbocycles. The van der Waals surface area contributed by atoms with Crippen LogP contribution in [0, 0.1) is 11.3 Å². The number of nitriles is 1. The van der Waals surface area contributed by atoms with Crippen LogP contribution < -0.4 is 5.32 Å². The molecule has 1 atom stereocenters. The molecule has 9 heteroatoms. The summed E-state index contributed by atoms with van der Waals surface area (Å²) in [5, 5.41) is 12.6. The van der Waals surface area contributed by atoms with Crippen LogP contribution in [0.15, 0.2) is 40.3 Å². The third kappa shape index (κ3) is 4.53. The summed E-state index contributed by atoms with van der Waals surface area (Å²) in [5.74, 6) is -0.000336. The van der Waals surface area contributed by atoms with Crippen LogP contribution in [0.3, 0.4) is 0 Å². The van der Waals surface area contributed by atoms with Gasteiger partial charge in [-0.2, -0.15) is 5.26 Å². The summed E-state index contributed by atoms with van der Waals surface area (Å²) < 4.78 is 28.6. The molecule has 3 rings (SSSR count). The number of benzene rings is 1. The van der Waals surface area contributed by atoms with Crippen molar-refractivity contribution in [2.45, 2.75) is 12.5 Å². The molecule has 1 aromatic heterocycles. The van der Waals surface area contributed by atoms with E-state index in [-0.39, 0.29) is 22.8 Å². The zero-order valence-electron chi connectivity index (χ0n) is 13.9. The van der Waals surface area contributed by atoms with Crippen molar-refractivity contribution in [2.24, 2.45) is 0 Å². The number of rotatable bonds is 4. The number of nitrogens with one attached hydrogen (secondary N) is 1. The van der Waals surface area contributed by atoms with Gasteiger partial charge < -0.3 is 9.73 Å². The maximum absolute atomic E-state index is 12.2. The Hall–Kier alpha value is -2.27. The number of amides is 1. The largest absolute Gasteiger partial charge is 0.457 e. The molecule has 0 radical (unpaired) electrons. The van der Waals surface area contributed by atoms with Gasteiger partial charge in [0.1, 0.15) is 23.2 Å². The van der Waals surface area contributed by atoms with Crippen LogP contribution in [-0.4, -0.2) is 31.9 Å². The molecule has 2 heterocycles. The SMILES string of the molecule is N#C/C(=C\c1ccc(-c2cccc(Cl)c2Cl)o1)C(=O)N[C@@H]1CCS(=O)(=O)C1. The molecule has 1 aromatic carbocycles. The van der Waals surface area contributed by atoms with Gasteiger partial charge in [0.15, 0.2) is 9.84 Å². The summed E-state index contributed by atoms with van der Waals surface area (Å²) in [6, 6.07) is 9.68. The summed E-state index contributed by atoms with van der Waals surface area (Å²) in [6.07, 6.45) is 1.63. The average Bonchev–Trinajstić information content (AvgIpc) is 3.21. The summed E-state index contributed by atoms with van der Waals surface area (Å²) in [6.45, 7) is 0. The van der Waals surface area contributed by atoms with Crippen LogP contribution in [0.1, 0.15) is 12.2 Å². The number of nitrogens with zero attached hydrogens (tertiary/aromatic N) is 1. The third-order valence-corrected chi connectivity index (χ3v) is 6.65. The lowest BCUT2D eigenvalue weighted by Crippen LogP contribution is -2.36. The zero-order valence-corrected chi connectivity index (χ0v) is 16.2. The predicted octanol–water partition coefficient (Wildman–Crippen LogP) is 3.46. The molecular formula is C18H14Cl2N2O4S. The molecular weight excluding hydrogens is 411 g/mol. The van der Waals surface area contributed by atoms with Crippen molar-refractivity contribution < 1.29 is 17.6 Å². The van der Waals surface area contributed by atoms with Crippen LogP contribution >= 0.6 is 23.2 Å². The highest BCUT2D eigenvalue weighted by atomic mass is 35.5. The van der Waals surface area contributed by atoms with Crippen LogP contribution in [0.4, 0.5) is 0 Å². The molecule has 0 bridgehead atoms. The quantitative estimate of drug-likeness (QED) is 0.597. The second-order valence-electron chi connectivity index (χ2n) is 6.05. The zero-order chi connectivity index (χ0) is 19.6. The smallest absolute Gasteiger partial charge is 0.262 e. The van der Waals surface area contributed by atoms with E-state index in [9.17, 15) is 18.5 Å². The normalized spacial score (nSPS) is 18.9. The van der Waals surface area contributed by atoms with E-state index < -0.39 is 21.8 Å². The van der Waals surface area contributed by atoms with Crippen LogP contribution in [0.2, 0.25) is 10.0 Å².